The number of ether oxygens (including phenoxy) is 3. The number of carboxylic acid groups (broad SMARTS) is 1. The van der Waals surface area contributed by atoms with E-state index in [0.29, 0.717) is 17.9 Å². The molecule has 0 heterocycles. The molecule has 0 saturated heterocycles. The fourth-order valence-corrected chi connectivity index (χ4v) is 4.79. The maximum atomic E-state index is 13.7. The van der Waals surface area contributed by atoms with Gasteiger partial charge in [-0.3, -0.25) is 9.59 Å². The number of carbonyl (C=O) groups is 3. The normalized spacial score (nSPS) is 22.7. The molecule has 7 nitrogen and oxygen atoms in total. The molecule has 3 aliphatic rings. The van der Waals surface area contributed by atoms with Gasteiger partial charge in [-0.15, -0.1) is 0 Å². The highest BCUT2D eigenvalue weighted by Gasteiger charge is 2.53. The van der Waals surface area contributed by atoms with Gasteiger partial charge in [-0.1, -0.05) is 12.2 Å². The number of Topliss-reactive ketones (excluding diaryl/α,β-unsaturated/α-hetero) is 2. The number of ketones is 2. The molecule has 0 aromatic heterocycles. The van der Waals surface area contributed by atoms with Crippen LogP contribution < -0.4 is 9.47 Å². The summed E-state index contributed by atoms with van der Waals surface area (Å²) in [7, 11) is 4.17. The molecule has 0 amide bonds. The van der Waals surface area contributed by atoms with Gasteiger partial charge in [0.15, 0.2) is 17.2 Å². The number of aliphatic carboxylic acids is 1. The number of rotatable bonds is 4. The highest BCUT2D eigenvalue weighted by Crippen LogP contribution is 2.49. The van der Waals surface area contributed by atoms with Crippen LogP contribution >= 0.6 is 0 Å². The number of hydrogen-bond acceptors (Lipinski definition) is 6. The third-order valence-corrected chi connectivity index (χ3v) is 6.11. The molecule has 1 aromatic carbocycles. The molecular formula is C22H22O7. The van der Waals surface area contributed by atoms with E-state index in [0.717, 1.165) is 30.4 Å². The van der Waals surface area contributed by atoms with Crippen LogP contribution in [-0.2, 0) is 22.4 Å². The van der Waals surface area contributed by atoms with Crippen molar-refractivity contribution in [2.45, 2.75) is 37.7 Å². The van der Waals surface area contributed by atoms with Crippen molar-refractivity contribution >= 4 is 17.5 Å². The predicted octanol–water partition coefficient (Wildman–Crippen LogP) is 2.69. The molecule has 0 spiro atoms. The Hall–Kier alpha value is -2.93. The van der Waals surface area contributed by atoms with Crippen LogP contribution in [0.1, 0.15) is 51.1 Å². The van der Waals surface area contributed by atoms with Crippen LogP contribution in [-0.4, -0.2) is 49.6 Å². The molecule has 0 bridgehead atoms. The van der Waals surface area contributed by atoms with Crippen LogP contribution in [0.2, 0.25) is 0 Å². The Morgan fingerprint density at radius 1 is 0.966 bits per heavy atom. The van der Waals surface area contributed by atoms with Crippen molar-refractivity contribution in [1.82, 2.24) is 0 Å². The van der Waals surface area contributed by atoms with E-state index in [1.807, 2.05) is 0 Å². The van der Waals surface area contributed by atoms with Crippen LogP contribution in [0, 0.1) is 0 Å². The second-order valence-corrected chi connectivity index (χ2v) is 7.37. The quantitative estimate of drug-likeness (QED) is 0.832. The number of methoxy groups -OCH3 is 3. The van der Waals surface area contributed by atoms with Crippen molar-refractivity contribution < 1.29 is 33.7 Å². The lowest BCUT2D eigenvalue weighted by Gasteiger charge is -2.36. The van der Waals surface area contributed by atoms with E-state index in [-0.39, 0.29) is 28.7 Å². The molecule has 1 unspecified atom stereocenters. The van der Waals surface area contributed by atoms with Gasteiger partial charge >= 0.3 is 5.97 Å². The van der Waals surface area contributed by atoms with E-state index in [2.05, 4.69) is 0 Å². The maximum Gasteiger partial charge on any atom is 0.341 e. The topological polar surface area (TPSA) is 99.1 Å². The fourth-order valence-electron chi connectivity index (χ4n) is 4.79. The highest BCUT2D eigenvalue weighted by molar-refractivity contribution is 6.32. The lowest BCUT2D eigenvalue weighted by atomic mass is 9.70. The van der Waals surface area contributed by atoms with E-state index in [1.54, 1.807) is 6.08 Å². The van der Waals surface area contributed by atoms with Gasteiger partial charge in [-0.2, -0.15) is 0 Å². The minimum Gasteiger partial charge on any atom is -0.496 e. The van der Waals surface area contributed by atoms with E-state index in [9.17, 15) is 19.5 Å². The summed E-state index contributed by atoms with van der Waals surface area (Å²) in [5.74, 6) is -1.60. The molecule has 1 N–H and O–H groups in total. The summed E-state index contributed by atoms with van der Waals surface area (Å²) in [6, 6.07) is 0. The Morgan fingerprint density at radius 2 is 1.52 bits per heavy atom. The number of allylic oxidation sites excluding steroid dienone is 2. The molecule has 3 aliphatic carbocycles. The summed E-state index contributed by atoms with van der Waals surface area (Å²) in [4.78, 5) is 39.3. The summed E-state index contributed by atoms with van der Waals surface area (Å²) >= 11 is 0. The Kier molecular flexibility index (Phi) is 4.58. The molecule has 29 heavy (non-hydrogen) atoms. The zero-order valence-electron chi connectivity index (χ0n) is 16.6. The molecule has 1 aromatic rings. The molecule has 4 rings (SSSR count). The standard InChI is InChI=1S/C22H22O7/c1-27-19-11-7-4-5-8-12(11)20(28-2)15-14(19)17(23)13-9-6-10-22(29-3,21(25)26)16(13)18(15)24/h6,9H,4-5,7-8,10H2,1-3H3,(H,25,26). The molecule has 0 aliphatic heterocycles. The monoisotopic (exact) mass is 398 g/mol. The van der Waals surface area contributed by atoms with Crippen LogP contribution in [0.3, 0.4) is 0 Å². The average molecular weight is 398 g/mol. The first-order chi connectivity index (χ1) is 13.9. The van der Waals surface area contributed by atoms with Crippen molar-refractivity contribution in [3.63, 3.8) is 0 Å². The Bertz CT molecular complexity index is 1010. The first-order valence-electron chi connectivity index (χ1n) is 9.51. The predicted molar refractivity (Wildman–Crippen MR) is 103 cm³/mol. The molecule has 0 radical (unpaired) electrons. The van der Waals surface area contributed by atoms with Gasteiger partial charge in [0.1, 0.15) is 11.5 Å². The van der Waals surface area contributed by atoms with Gasteiger partial charge in [0, 0.05) is 30.2 Å². The third kappa shape index (κ3) is 2.43. The van der Waals surface area contributed by atoms with Crippen LogP contribution in [0.5, 0.6) is 11.5 Å². The van der Waals surface area contributed by atoms with Gasteiger partial charge in [-0.05, 0) is 25.7 Å². The van der Waals surface area contributed by atoms with Crippen molar-refractivity contribution in [2.75, 3.05) is 21.3 Å². The Labute approximate surface area is 167 Å². The summed E-state index contributed by atoms with van der Waals surface area (Å²) in [6.45, 7) is 0. The fraction of sp³-hybridized carbons (Fsp3) is 0.409. The molecule has 1 atom stereocenters. The van der Waals surface area contributed by atoms with Gasteiger partial charge in [0.05, 0.1) is 30.9 Å². The number of carbonyl (C=O) groups excluding carboxylic acids is 2. The van der Waals surface area contributed by atoms with Gasteiger partial charge in [0.25, 0.3) is 0 Å². The molecule has 152 valence electrons. The van der Waals surface area contributed by atoms with Crippen molar-refractivity contribution in [3.05, 3.63) is 45.6 Å². The first kappa shape index (κ1) is 19.4. The minimum absolute atomic E-state index is 0.0362. The maximum absolute atomic E-state index is 13.7. The summed E-state index contributed by atoms with van der Waals surface area (Å²) in [6.07, 6.45) is 6.32. The summed E-state index contributed by atoms with van der Waals surface area (Å²) in [5.41, 5.74) is -0.0668. The number of hydrogen-bond donors (Lipinski definition) is 1. The summed E-state index contributed by atoms with van der Waals surface area (Å²) in [5, 5.41) is 9.89. The van der Waals surface area contributed by atoms with Crippen LogP contribution in [0.4, 0.5) is 0 Å². The Morgan fingerprint density at radius 3 is 2.00 bits per heavy atom. The number of carboxylic acids is 1. The Balaban J connectivity index is 2.09. The third-order valence-electron chi connectivity index (χ3n) is 6.11. The molecule has 7 heteroatoms. The zero-order valence-corrected chi connectivity index (χ0v) is 16.6. The molecule has 0 fully saturated rings. The van der Waals surface area contributed by atoms with Gasteiger partial charge < -0.3 is 19.3 Å². The second-order valence-electron chi connectivity index (χ2n) is 7.37. The van der Waals surface area contributed by atoms with E-state index >= 15 is 0 Å². The van der Waals surface area contributed by atoms with Crippen LogP contribution in [0.25, 0.3) is 0 Å². The molecular weight excluding hydrogens is 376 g/mol. The number of fused-ring (bicyclic) bond motifs is 2. The van der Waals surface area contributed by atoms with Gasteiger partial charge in [0.2, 0.25) is 0 Å². The van der Waals surface area contributed by atoms with E-state index in [4.69, 9.17) is 14.2 Å². The average Bonchev–Trinajstić information content (AvgIpc) is 2.74. The summed E-state index contributed by atoms with van der Waals surface area (Å²) < 4.78 is 16.6. The highest BCUT2D eigenvalue weighted by atomic mass is 16.5. The first-order valence-corrected chi connectivity index (χ1v) is 9.51. The van der Waals surface area contributed by atoms with E-state index < -0.39 is 23.1 Å². The van der Waals surface area contributed by atoms with Crippen LogP contribution in [0.15, 0.2) is 23.3 Å². The number of benzene rings is 1. The van der Waals surface area contributed by atoms with Crippen molar-refractivity contribution in [2.24, 2.45) is 0 Å². The minimum atomic E-state index is -1.91. The SMILES string of the molecule is COc1c2c(c(OC)c3c1C(=O)C1=C(C3=O)C(OC)(C(=O)O)CC=C1)CCCC2. The van der Waals surface area contributed by atoms with Gasteiger partial charge in [-0.25, -0.2) is 4.79 Å². The van der Waals surface area contributed by atoms with Crippen molar-refractivity contribution in [1.29, 1.82) is 0 Å². The largest absolute Gasteiger partial charge is 0.496 e. The van der Waals surface area contributed by atoms with E-state index in [1.165, 1.54) is 27.4 Å². The zero-order chi connectivity index (χ0) is 20.9. The smallest absolute Gasteiger partial charge is 0.341 e. The lowest BCUT2D eigenvalue weighted by Crippen LogP contribution is -2.48. The van der Waals surface area contributed by atoms with Crippen molar-refractivity contribution in [3.8, 4) is 11.5 Å². The second kappa shape index (κ2) is 6.84. The molecule has 0 saturated carbocycles. The lowest BCUT2D eigenvalue weighted by molar-refractivity contribution is -0.157.